The van der Waals surface area contributed by atoms with Gasteiger partial charge in [-0.05, 0) is 76.9 Å². The number of hydrogen-bond acceptors (Lipinski definition) is 1. The molecule has 1 fully saturated rings. The first kappa shape index (κ1) is 21.7. The summed E-state index contributed by atoms with van der Waals surface area (Å²) in [6, 6.07) is 0. The van der Waals surface area contributed by atoms with E-state index in [1.54, 1.807) is 5.57 Å². The molecule has 0 radical (unpaired) electrons. The van der Waals surface area contributed by atoms with Crippen molar-refractivity contribution in [3.63, 3.8) is 0 Å². The average molecular weight is 310 g/mol. The maximum Gasteiger partial charge on any atom is -0.00134 e. The van der Waals surface area contributed by atoms with Crippen LogP contribution >= 0.6 is 0 Å². The normalized spacial score (nSPS) is 26.0. The highest BCUT2D eigenvalue weighted by Crippen LogP contribution is 2.50. The predicted octanol–water partition coefficient (Wildman–Crippen LogP) is 6.69. The molecular formula is C21H43N. The second kappa shape index (κ2) is 11.3. The van der Waals surface area contributed by atoms with E-state index in [1.807, 2.05) is 19.4 Å². The second-order valence-corrected chi connectivity index (χ2v) is 7.35. The lowest BCUT2D eigenvalue weighted by atomic mass is 9.63. The zero-order valence-electron chi connectivity index (χ0n) is 16.9. The van der Waals surface area contributed by atoms with Crippen molar-refractivity contribution in [2.45, 2.75) is 93.4 Å². The number of allylic oxidation sites excluding steroid dienone is 2. The molecule has 1 saturated heterocycles. The Morgan fingerprint density at radius 2 is 1.55 bits per heavy atom. The van der Waals surface area contributed by atoms with E-state index >= 15 is 0 Å². The third kappa shape index (κ3) is 6.07. The van der Waals surface area contributed by atoms with Crippen molar-refractivity contribution in [3.05, 3.63) is 11.1 Å². The first-order chi connectivity index (χ1) is 10.5. The van der Waals surface area contributed by atoms with Gasteiger partial charge in [-0.25, -0.2) is 0 Å². The SMILES string of the molecule is CC.CC1=C(C(C)C)C2(CCC1)CCCN(C)CC2.CCC. The summed E-state index contributed by atoms with van der Waals surface area (Å²) in [6.45, 7) is 18.0. The second-order valence-electron chi connectivity index (χ2n) is 7.35. The van der Waals surface area contributed by atoms with Crippen molar-refractivity contribution in [2.75, 3.05) is 20.1 Å². The van der Waals surface area contributed by atoms with Gasteiger partial charge in [-0.15, -0.1) is 0 Å². The van der Waals surface area contributed by atoms with Gasteiger partial charge in [-0.1, -0.05) is 59.1 Å². The Labute approximate surface area is 141 Å². The maximum atomic E-state index is 2.52. The van der Waals surface area contributed by atoms with Crippen LogP contribution in [0, 0.1) is 11.3 Å². The van der Waals surface area contributed by atoms with Crippen molar-refractivity contribution in [3.8, 4) is 0 Å². The number of nitrogens with zero attached hydrogens (tertiary/aromatic N) is 1. The van der Waals surface area contributed by atoms with E-state index in [1.165, 1.54) is 58.0 Å². The van der Waals surface area contributed by atoms with Crippen LogP contribution < -0.4 is 0 Å². The number of likely N-dealkylation sites (tertiary alicyclic amines) is 1. The van der Waals surface area contributed by atoms with Gasteiger partial charge < -0.3 is 4.90 Å². The lowest BCUT2D eigenvalue weighted by Crippen LogP contribution is -2.31. The minimum absolute atomic E-state index is 0.571. The van der Waals surface area contributed by atoms with E-state index in [9.17, 15) is 0 Å². The molecule has 0 aromatic carbocycles. The Balaban J connectivity index is 0.000000789. The largest absolute Gasteiger partial charge is 0.306 e. The summed E-state index contributed by atoms with van der Waals surface area (Å²) in [7, 11) is 2.29. The van der Waals surface area contributed by atoms with Crippen molar-refractivity contribution in [2.24, 2.45) is 11.3 Å². The molecule has 0 aromatic heterocycles. The van der Waals surface area contributed by atoms with Crippen molar-refractivity contribution >= 4 is 0 Å². The van der Waals surface area contributed by atoms with E-state index < -0.39 is 0 Å². The van der Waals surface area contributed by atoms with Crippen molar-refractivity contribution in [1.82, 2.24) is 4.90 Å². The molecule has 1 aliphatic carbocycles. The summed E-state index contributed by atoms with van der Waals surface area (Å²) in [5.74, 6) is 0.749. The van der Waals surface area contributed by atoms with Crippen LogP contribution in [-0.2, 0) is 0 Å². The van der Waals surface area contributed by atoms with Crippen molar-refractivity contribution < 1.29 is 0 Å². The van der Waals surface area contributed by atoms with Gasteiger partial charge in [0.15, 0.2) is 0 Å². The molecule has 132 valence electrons. The molecule has 1 heterocycles. The molecule has 0 aromatic rings. The van der Waals surface area contributed by atoms with Gasteiger partial charge in [0.1, 0.15) is 0 Å². The molecule has 1 spiro atoms. The smallest absolute Gasteiger partial charge is 0.00134 e. The van der Waals surface area contributed by atoms with Gasteiger partial charge in [0.2, 0.25) is 0 Å². The van der Waals surface area contributed by atoms with E-state index in [4.69, 9.17) is 0 Å². The van der Waals surface area contributed by atoms with Crippen LogP contribution in [0.15, 0.2) is 11.1 Å². The molecule has 0 bridgehead atoms. The first-order valence-corrected chi connectivity index (χ1v) is 9.85. The van der Waals surface area contributed by atoms with Gasteiger partial charge in [-0.3, -0.25) is 0 Å². The third-order valence-electron chi connectivity index (χ3n) is 4.98. The fourth-order valence-corrected chi connectivity index (χ4v) is 4.37. The minimum atomic E-state index is 0.571. The van der Waals surface area contributed by atoms with Crippen molar-refractivity contribution in [1.29, 1.82) is 0 Å². The van der Waals surface area contributed by atoms with Crippen LogP contribution in [0.4, 0.5) is 0 Å². The highest BCUT2D eigenvalue weighted by Gasteiger charge is 2.39. The lowest BCUT2D eigenvalue weighted by Gasteiger charge is -2.42. The summed E-state index contributed by atoms with van der Waals surface area (Å²) in [6.07, 6.45) is 9.69. The zero-order valence-corrected chi connectivity index (χ0v) is 16.9. The average Bonchev–Trinajstić information content (AvgIpc) is 2.64. The Morgan fingerprint density at radius 3 is 2.09 bits per heavy atom. The van der Waals surface area contributed by atoms with Crippen LogP contribution in [0.3, 0.4) is 0 Å². The molecule has 2 rings (SSSR count). The molecule has 22 heavy (non-hydrogen) atoms. The van der Waals surface area contributed by atoms with E-state index in [2.05, 4.69) is 46.6 Å². The molecule has 1 heteroatoms. The fraction of sp³-hybridized carbons (Fsp3) is 0.905. The molecule has 1 aliphatic heterocycles. The Kier molecular flexibility index (Phi) is 11.1. The Bertz CT molecular complexity index is 316. The highest BCUT2D eigenvalue weighted by molar-refractivity contribution is 5.26. The summed E-state index contributed by atoms with van der Waals surface area (Å²) < 4.78 is 0. The Hall–Kier alpha value is -0.300. The maximum absolute atomic E-state index is 2.52. The molecule has 1 atom stereocenters. The molecule has 0 saturated carbocycles. The monoisotopic (exact) mass is 309 g/mol. The lowest BCUT2D eigenvalue weighted by molar-refractivity contribution is 0.232. The minimum Gasteiger partial charge on any atom is -0.306 e. The number of hydrogen-bond donors (Lipinski definition) is 0. The van der Waals surface area contributed by atoms with Gasteiger partial charge >= 0.3 is 0 Å². The van der Waals surface area contributed by atoms with Gasteiger partial charge in [0.05, 0.1) is 0 Å². The van der Waals surface area contributed by atoms with E-state index in [-0.39, 0.29) is 0 Å². The topological polar surface area (TPSA) is 3.24 Å². The van der Waals surface area contributed by atoms with E-state index in [0.29, 0.717) is 5.41 Å². The van der Waals surface area contributed by atoms with Gasteiger partial charge in [0.25, 0.3) is 0 Å². The van der Waals surface area contributed by atoms with Crippen LogP contribution in [0.5, 0.6) is 0 Å². The number of rotatable bonds is 1. The summed E-state index contributed by atoms with van der Waals surface area (Å²) >= 11 is 0. The highest BCUT2D eigenvalue weighted by atomic mass is 15.1. The third-order valence-corrected chi connectivity index (χ3v) is 4.98. The van der Waals surface area contributed by atoms with Crippen LogP contribution in [0.1, 0.15) is 93.4 Å². The Morgan fingerprint density at radius 1 is 1.00 bits per heavy atom. The fourth-order valence-electron chi connectivity index (χ4n) is 4.37. The molecule has 1 nitrogen and oxygen atoms in total. The van der Waals surface area contributed by atoms with Gasteiger partial charge in [-0.2, -0.15) is 0 Å². The molecule has 0 amide bonds. The molecule has 0 N–H and O–H groups in total. The molecular weight excluding hydrogens is 266 g/mol. The zero-order chi connectivity index (χ0) is 17.2. The summed E-state index contributed by atoms with van der Waals surface area (Å²) in [5, 5.41) is 0. The standard InChI is InChI=1S/C16H29N.C3H8.C2H6/c1-13(2)15-14(3)7-5-8-16(15)9-6-11-17(4)12-10-16;1-3-2;1-2/h13H,5-12H2,1-4H3;3H2,1-2H3;1-2H3. The van der Waals surface area contributed by atoms with Gasteiger partial charge in [0, 0.05) is 0 Å². The van der Waals surface area contributed by atoms with Crippen LogP contribution in [0.25, 0.3) is 0 Å². The predicted molar refractivity (Wildman–Crippen MR) is 102 cm³/mol. The summed E-state index contributed by atoms with van der Waals surface area (Å²) in [4.78, 5) is 2.52. The molecule has 1 unspecified atom stereocenters. The molecule has 2 aliphatic rings. The van der Waals surface area contributed by atoms with Crippen LogP contribution in [-0.4, -0.2) is 25.0 Å². The van der Waals surface area contributed by atoms with Crippen LogP contribution in [0.2, 0.25) is 0 Å². The quantitative estimate of drug-likeness (QED) is 0.488. The van der Waals surface area contributed by atoms with E-state index in [0.717, 1.165) is 5.92 Å². The first-order valence-electron chi connectivity index (χ1n) is 9.85. The summed E-state index contributed by atoms with van der Waals surface area (Å²) in [5.41, 5.74) is 4.12.